The average molecular weight is 299 g/mol. The van der Waals surface area contributed by atoms with Gasteiger partial charge in [-0.05, 0) is 42.7 Å². The predicted octanol–water partition coefficient (Wildman–Crippen LogP) is 3.70. The van der Waals surface area contributed by atoms with Crippen molar-refractivity contribution in [1.29, 1.82) is 0 Å². The molecule has 0 aliphatic heterocycles. The highest BCUT2D eigenvalue weighted by Crippen LogP contribution is 2.40. The fraction of sp³-hybridized carbons (Fsp3) is 0.786. The van der Waals surface area contributed by atoms with Gasteiger partial charge in [0.2, 0.25) is 11.2 Å². The Balaban J connectivity index is 1.99. The first-order valence-corrected chi connectivity index (χ1v) is 7.83. The van der Waals surface area contributed by atoms with Gasteiger partial charge in [-0.15, -0.1) is 0 Å². The van der Waals surface area contributed by atoms with E-state index in [1.807, 2.05) is 6.92 Å². The maximum Gasteiger partial charge on any atom is 0.322 e. The first-order valence-electron chi connectivity index (χ1n) is 7.46. The van der Waals surface area contributed by atoms with Crippen molar-refractivity contribution in [3.8, 4) is 6.01 Å². The molecule has 1 heterocycles. The van der Waals surface area contributed by atoms with Crippen LogP contribution in [0.1, 0.15) is 52.4 Å². The highest BCUT2D eigenvalue weighted by molar-refractivity contribution is 6.28. The third-order valence-corrected chi connectivity index (χ3v) is 4.23. The zero-order valence-electron chi connectivity index (χ0n) is 12.3. The third-order valence-electron chi connectivity index (χ3n) is 4.06. The second-order valence-corrected chi connectivity index (χ2v) is 5.81. The Morgan fingerprint density at radius 3 is 2.60 bits per heavy atom. The Hall–Kier alpha value is -1.10. The van der Waals surface area contributed by atoms with Gasteiger partial charge in [0.05, 0.1) is 6.61 Å². The Morgan fingerprint density at radius 2 is 1.95 bits per heavy atom. The van der Waals surface area contributed by atoms with Crippen LogP contribution < -0.4 is 10.1 Å². The van der Waals surface area contributed by atoms with Gasteiger partial charge < -0.3 is 10.1 Å². The summed E-state index contributed by atoms with van der Waals surface area (Å²) in [4.78, 5) is 12.3. The first-order chi connectivity index (χ1) is 9.67. The van der Waals surface area contributed by atoms with E-state index in [-0.39, 0.29) is 5.28 Å². The van der Waals surface area contributed by atoms with E-state index >= 15 is 0 Å². The van der Waals surface area contributed by atoms with Gasteiger partial charge in [0.1, 0.15) is 0 Å². The molecule has 0 saturated heterocycles. The van der Waals surface area contributed by atoms with Crippen LogP contribution in [0.4, 0.5) is 5.95 Å². The summed E-state index contributed by atoms with van der Waals surface area (Å²) in [6.45, 7) is 5.76. The van der Waals surface area contributed by atoms with Crippen LogP contribution in [0.15, 0.2) is 0 Å². The topological polar surface area (TPSA) is 59.9 Å². The van der Waals surface area contributed by atoms with Crippen LogP contribution in [0.25, 0.3) is 0 Å². The molecular weight excluding hydrogens is 276 g/mol. The lowest BCUT2D eigenvalue weighted by Crippen LogP contribution is -2.26. The van der Waals surface area contributed by atoms with Crippen LogP contribution >= 0.6 is 11.6 Å². The van der Waals surface area contributed by atoms with Gasteiger partial charge in [0.15, 0.2) is 0 Å². The number of hydrogen-bond donors (Lipinski definition) is 1. The molecular formula is C14H23ClN4O. The molecule has 5 nitrogen and oxygen atoms in total. The van der Waals surface area contributed by atoms with Gasteiger partial charge in [-0.25, -0.2) is 0 Å². The molecule has 1 aliphatic carbocycles. The minimum Gasteiger partial charge on any atom is -0.463 e. The molecule has 0 spiro atoms. The molecule has 1 N–H and O–H groups in total. The van der Waals surface area contributed by atoms with E-state index in [1.165, 1.54) is 32.1 Å². The summed E-state index contributed by atoms with van der Waals surface area (Å²) in [6, 6.07) is 0.298. The Kier molecular flexibility index (Phi) is 5.40. The summed E-state index contributed by atoms with van der Waals surface area (Å²) in [7, 11) is 0. The number of hydrogen-bond acceptors (Lipinski definition) is 5. The molecule has 1 aliphatic rings. The first kappa shape index (κ1) is 15.3. The second kappa shape index (κ2) is 7.07. The minimum atomic E-state index is 0.172. The average Bonchev–Trinajstić information content (AvgIpc) is 2.92. The molecule has 0 radical (unpaired) electrons. The van der Waals surface area contributed by atoms with Crippen LogP contribution in [0.2, 0.25) is 5.28 Å². The molecule has 6 heteroatoms. The minimum absolute atomic E-state index is 0.172. The zero-order chi connectivity index (χ0) is 14.4. The van der Waals surface area contributed by atoms with E-state index in [0.717, 1.165) is 13.0 Å². The maximum absolute atomic E-state index is 5.91. The van der Waals surface area contributed by atoms with Gasteiger partial charge in [0, 0.05) is 6.54 Å². The van der Waals surface area contributed by atoms with E-state index in [0.29, 0.717) is 24.0 Å². The SMILES string of the molecule is CCCOc1nc(Cl)nc(NCC2(CC)CCCC2)n1. The lowest BCUT2D eigenvalue weighted by atomic mass is 9.83. The van der Waals surface area contributed by atoms with Crippen LogP contribution in [0.5, 0.6) is 6.01 Å². The van der Waals surface area contributed by atoms with E-state index < -0.39 is 0 Å². The van der Waals surface area contributed by atoms with Crippen molar-refractivity contribution >= 4 is 17.5 Å². The summed E-state index contributed by atoms with van der Waals surface area (Å²) < 4.78 is 5.41. The zero-order valence-corrected chi connectivity index (χ0v) is 13.0. The normalized spacial score (nSPS) is 17.1. The number of nitrogens with zero attached hydrogens (tertiary/aromatic N) is 3. The predicted molar refractivity (Wildman–Crippen MR) is 80.3 cm³/mol. The van der Waals surface area contributed by atoms with Crippen molar-refractivity contribution in [1.82, 2.24) is 15.0 Å². The molecule has 0 bridgehead atoms. The number of nitrogens with one attached hydrogen (secondary N) is 1. The van der Waals surface area contributed by atoms with Crippen LogP contribution in [0.3, 0.4) is 0 Å². The quantitative estimate of drug-likeness (QED) is 0.832. The summed E-state index contributed by atoms with van der Waals surface area (Å²) in [5.74, 6) is 0.510. The summed E-state index contributed by atoms with van der Waals surface area (Å²) in [6.07, 6.45) is 7.27. The van der Waals surface area contributed by atoms with Crippen molar-refractivity contribution < 1.29 is 4.74 Å². The van der Waals surface area contributed by atoms with Gasteiger partial charge in [-0.2, -0.15) is 15.0 Å². The molecule has 1 aromatic heterocycles. The largest absolute Gasteiger partial charge is 0.463 e. The van der Waals surface area contributed by atoms with E-state index in [4.69, 9.17) is 16.3 Å². The molecule has 0 atom stereocenters. The number of halogens is 1. The number of rotatable bonds is 7. The lowest BCUT2D eigenvalue weighted by molar-refractivity contribution is 0.290. The second-order valence-electron chi connectivity index (χ2n) is 5.47. The molecule has 1 fully saturated rings. The molecule has 1 aromatic rings. The molecule has 0 amide bonds. The van der Waals surface area contributed by atoms with Crippen molar-refractivity contribution in [2.45, 2.75) is 52.4 Å². The van der Waals surface area contributed by atoms with Gasteiger partial charge in [0.25, 0.3) is 0 Å². The molecule has 2 rings (SSSR count). The molecule has 112 valence electrons. The highest BCUT2D eigenvalue weighted by atomic mass is 35.5. The molecule has 20 heavy (non-hydrogen) atoms. The molecule has 0 unspecified atom stereocenters. The van der Waals surface area contributed by atoms with E-state index in [1.54, 1.807) is 0 Å². The molecule has 0 aromatic carbocycles. The van der Waals surface area contributed by atoms with E-state index in [9.17, 15) is 0 Å². The van der Waals surface area contributed by atoms with Gasteiger partial charge in [-0.1, -0.05) is 26.7 Å². The fourth-order valence-electron chi connectivity index (χ4n) is 2.72. The summed E-state index contributed by atoms with van der Waals surface area (Å²) in [5.41, 5.74) is 0.379. The van der Waals surface area contributed by atoms with Crippen molar-refractivity contribution in [3.05, 3.63) is 5.28 Å². The van der Waals surface area contributed by atoms with E-state index in [2.05, 4.69) is 27.2 Å². The number of aromatic nitrogens is 3. The standard InChI is InChI=1S/C14H23ClN4O/c1-3-9-20-13-18-11(15)17-12(19-13)16-10-14(4-2)7-5-6-8-14/h3-10H2,1-2H3,(H,16,17,18,19). The lowest BCUT2D eigenvalue weighted by Gasteiger charge is -2.27. The Labute approximate surface area is 125 Å². The number of anilines is 1. The van der Waals surface area contributed by atoms with Crippen LogP contribution in [0, 0.1) is 5.41 Å². The van der Waals surface area contributed by atoms with Crippen molar-refractivity contribution in [2.75, 3.05) is 18.5 Å². The maximum atomic E-state index is 5.91. The van der Waals surface area contributed by atoms with Crippen molar-refractivity contribution in [2.24, 2.45) is 5.41 Å². The Morgan fingerprint density at radius 1 is 1.20 bits per heavy atom. The fourth-order valence-corrected chi connectivity index (χ4v) is 2.87. The van der Waals surface area contributed by atoms with Gasteiger partial charge >= 0.3 is 6.01 Å². The smallest absolute Gasteiger partial charge is 0.322 e. The van der Waals surface area contributed by atoms with Crippen LogP contribution in [-0.4, -0.2) is 28.1 Å². The molecule has 1 saturated carbocycles. The van der Waals surface area contributed by atoms with Crippen LogP contribution in [-0.2, 0) is 0 Å². The summed E-state index contributed by atoms with van der Waals surface area (Å²) >= 11 is 5.91. The highest BCUT2D eigenvalue weighted by Gasteiger charge is 2.31. The number of ether oxygens (including phenoxy) is 1. The third kappa shape index (κ3) is 3.95. The Bertz CT molecular complexity index is 435. The monoisotopic (exact) mass is 298 g/mol. The van der Waals surface area contributed by atoms with Crippen molar-refractivity contribution in [3.63, 3.8) is 0 Å². The summed E-state index contributed by atoms with van der Waals surface area (Å²) in [5, 5.41) is 3.48. The van der Waals surface area contributed by atoms with Gasteiger partial charge in [-0.3, -0.25) is 0 Å².